The van der Waals surface area contributed by atoms with Gasteiger partial charge in [-0.1, -0.05) is 30.3 Å². The Bertz CT molecular complexity index is 443. The van der Waals surface area contributed by atoms with Gasteiger partial charge in [0.15, 0.2) is 0 Å². The normalized spacial score (nSPS) is 12.3. The molecule has 0 aliphatic carbocycles. The SMILES string of the molecule is CC(C)N(CCCO)S(=O)(=O)Cc1ccccc1. The quantitative estimate of drug-likeness (QED) is 0.819. The third-order valence-electron chi connectivity index (χ3n) is 2.66. The van der Waals surface area contributed by atoms with Crippen LogP contribution in [0.2, 0.25) is 0 Å². The van der Waals surface area contributed by atoms with Gasteiger partial charge in [-0.15, -0.1) is 0 Å². The molecular weight excluding hydrogens is 250 g/mol. The lowest BCUT2D eigenvalue weighted by molar-refractivity contribution is 0.258. The highest BCUT2D eigenvalue weighted by Gasteiger charge is 2.24. The van der Waals surface area contributed by atoms with Crippen molar-refractivity contribution in [2.24, 2.45) is 0 Å². The molecule has 1 aromatic rings. The molecule has 1 rings (SSSR count). The molecule has 18 heavy (non-hydrogen) atoms. The van der Waals surface area contributed by atoms with E-state index in [2.05, 4.69) is 0 Å². The van der Waals surface area contributed by atoms with Gasteiger partial charge in [0.1, 0.15) is 0 Å². The molecule has 0 aliphatic heterocycles. The molecule has 102 valence electrons. The number of nitrogens with zero attached hydrogens (tertiary/aromatic N) is 1. The van der Waals surface area contributed by atoms with Crippen LogP contribution in [0.15, 0.2) is 30.3 Å². The average Bonchev–Trinajstić information content (AvgIpc) is 2.29. The predicted molar refractivity (Wildman–Crippen MR) is 72.6 cm³/mol. The number of aliphatic hydroxyl groups is 1. The Morgan fingerprint density at radius 1 is 1.22 bits per heavy atom. The van der Waals surface area contributed by atoms with Gasteiger partial charge in [0.05, 0.1) is 5.75 Å². The van der Waals surface area contributed by atoms with Crippen LogP contribution in [0.4, 0.5) is 0 Å². The number of benzene rings is 1. The second-order valence-corrected chi connectivity index (χ2v) is 6.44. The van der Waals surface area contributed by atoms with Crippen LogP contribution in [0.25, 0.3) is 0 Å². The predicted octanol–water partition coefficient (Wildman–Crippen LogP) is 1.61. The molecule has 0 aromatic heterocycles. The molecule has 0 spiro atoms. The minimum absolute atomic E-state index is 0.00404. The van der Waals surface area contributed by atoms with E-state index in [4.69, 9.17) is 5.11 Å². The van der Waals surface area contributed by atoms with E-state index in [1.54, 1.807) is 0 Å². The fourth-order valence-electron chi connectivity index (χ4n) is 1.81. The maximum atomic E-state index is 12.3. The van der Waals surface area contributed by atoms with Gasteiger partial charge < -0.3 is 5.11 Å². The molecule has 1 aromatic carbocycles. The van der Waals surface area contributed by atoms with Crippen molar-refractivity contribution in [3.05, 3.63) is 35.9 Å². The van der Waals surface area contributed by atoms with Crippen molar-refractivity contribution in [2.75, 3.05) is 13.2 Å². The third kappa shape index (κ3) is 4.40. The highest BCUT2D eigenvalue weighted by Crippen LogP contribution is 2.14. The van der Waals surface area contributed by atoms with Crippen LogP contribution in [-0.4, -0.2) is 37.0 Å². The summed E-state index contributed by atoms with van der Waals surface area (Å²) in [6, 6.07) is 9.05. The standard InChI is InChI=1S/C13H21NO3S/c1-12(2)14(9-6-10-15)18(16,17)11-13-7-4-3-5-8-13/h3-5,7-8,12,15H,6,9-11H2,1-2H3. The summed E-state index contributed by atoms with van der Waals surface area (Å²) < 4.78 is 26.0. The van der Waals surface area contributed by atoms with E-state index in [-0.39, 0.29) is 18.4 Å². The van der Waals surface area contributed by atoms with E-state index in [1.807, 2.05) is 44.2 Å². The van der Waals surface area contributed by atoms with E-state index in [0.717, 1.165) is 5.56 Å². The van der Waals surface area contributed by atoms with Gasteiger partial charge in [-0.05, 0) is 25.8 Å². The number of rotatable bonds is 7. The molecule has 0 saturated heterocycles. The molecule has 0 saturated carbocycles. The second kappa shape index (κ2) is 6.87. The second-order valence-electron chi connectivity index (χ2n) is 4.52. The minimum atomic E-state index is -3.32. The largest absolute Gasteiger partial charge is 0.396 e. The number of sulfonamides is 1. The third-order valence-corrected chi connectivity index (χ3v) is 4.68. The molecule has 4 nitrogen and oxygen atoms in total. The molecule has 0 unspecified atom stereocenters. The van der Waals surface area contributed by atoms with E-state index < -0.39 is 10.0 Å². The van der Waals surface area contributed by atoms with E-state index >= 15 is 0 Å². The summed E-state index contributed by atoms with van der Waals surface area (Å²) in [4.78, 5) is 0. The van der Waals surface area contributed by atoms with Gasteiger partial charge in [-0.25, -0.2) is 8.42 Å². The molecular formula is C13H21NO3S. The van der Waals surface area contributed by atoms with Crippen molar-refractivity contribution < 1.29 is 13.5 Å². The molecule has 0 radical (unpaired) electrons. The highest BCUT2D eigenvalue weighted by atomic mass is 32.2. The lowest BCUT2D eigenvalue weighted by atomic mass is 10.2. The van der Waals surface area contributed by atoms with Crippen LogP contribution in [0.3, 0.4) is 0 Å². The van der Waals surface area contributed by atoms with Crippen molar-refractivity contribution in [3.8, 4) is 0 Å². The number of aliphatic hydroxyl groups excluding tert-OH is 1. The van der Waals surface area contributed by atoms with E-state index in [0.29, 0.717) is 13.0 Å². The van der Waals surface area contributed by atoms with E-state index in [9.17, 15) is 8.42 Å². The monoisotopic (exact) mass is 271 g/mol. The zero-order valence-electron chi connectivity index (χ0n) is 10.9. The van der Waals surface area contributed by atoms with Crippen molar-refractivity contribution in [2.45, 2.75) is 32.1 Å². The van der Waals surface area contributed by atoms with Gasteiger partial charge >= 0.3 is 0 Å². The Labute approximate surface area is 109 Å². The Kier molecular flexibility index (Phi) is 5.78. The summed E-state index contributed by atoms with van der Waals surface area (Å²) in [5.74, 6) is 0.0114. The van der Waals surface area contributed by atoms with Crippen LogP contribution in [0, 0.1) is 0 Å². The van der Waals surface area contributed by atoms with Crippen LogP contribution in [-0.2, 0) is 15.8 Å². The van der Waals surface area contributed by atoms with Crippen LogP contribution >= 0.6 is 0 Å². The van der Waals surface area contributed by atoms with Gasteiger partial charge in [0, 0.05) is 19.2 Å². The Morgan fingerprint density at radius 3 is 2.33 bits per heavy atom. The van der Waals surface area contributed by atoms with Crippen molar-refractivity contribution >= 4 is 10.0 Å². The summed E-state index contributed by atoms with van der Waals surface area (Å²) in [6.07, 6.45) is 0.464. The fourth-order valence-corrected chi connectivity index (χ4v) is 3.64. The Balaban J connectivity index is 2.82. The lowest BCUT2D eigenvalue weighted by Crippen LogP contribution is -2.38. The first kappa shape index (κ1) is 15.1. The molecule has 0 bridgehead atoms. The summed E-state index contributed by atoms with van der Waals surface area (Å²) >= 11 is 0. The maximum absolute atomic E-state index is 12.3. The van der Waals surface area contributed by atoms with Crippen LogP contribution in [0.1, 0.15) is 25.8 Å². The molecule has 0 fully saturated rings. The summed E-state index contributed by atoms with van der Waals surface area (Å²) in [6.45, 7) is 4.06. The molecule has 0 atom stereocenters. The molecule has 0 heterocycles. The summed E-state index contributed by atoms with van der Waals surface area (Å²) in [5, 5.41) is 8.83. The molecule has 0 amide bonds. The van der Waals surface area contributed by atoms with Gasteiger partial charge in [-0.3, -0.25) is 0 Å². The summed E-state index contributed by atoms with van der Waals surface area (Å²) in [5.41, 5.74) is 0.784. The van der Waals surface area contributed by atoms with Gasteiger partial charge in [0.2, 0.25) is 10.0 Å². The van der Waals surface area contributed by atoms with Gasteiger partial charge in [0.25, 0.3) is 0 Å². The van der Waals surface area contributed by atoms with Crippen molar-refractivity contribution in [1.29, 1.82) is 0 Å². The van der Waals surface area contributed by atoms with Gasteiger partial charge in [-0.2, -0.15) is 4.31 Å². The molecule has 1 N–H and O–H groups in total. The minimum Gasteiger partial charge on any atom is -0.396 e. The zero-order valence-corrected chi connectivity index (χ0v) is 11.7. The number of hydrogen-bond acceptors (Lipinski definition) is 3. The van der Waals surface area contributed by atoms with E-state index in [1.165, 1.54) is 4.31 Å². The lowest BCUT2D eigenvalue weighted by Gasteiger charge is -2.25. The smallest absolute Gasteiger partial charge is 0.218 e. The first-order chi connectivity index (χ1) is 8.47. The fraction of sp³-hybridized carbons (Fsp3) is 0.538. The average molecular weight is 271 g/mol. The van der Waals surface area contributed by atoms with Crippen LogP contribution < -0.4 is 0 Å². The Morgan fingerprint density at radius 2 is 1.83 bits per heavy atom. The van der Waals surface area contributed by atoms with Crippen LogP contribution in [0.5, 0.6) is 0 Å². The Hall–Kier alpha value is -0.910. The molecule has 5 heteroatoms. The maximum Gasteiger partial charge on any atom is 0.218 e. The van der Waals surface area contributed by atoms with Crippen molar-refractivity contribution in [3.63, 3.8) is 0 Å². The zero-order chi connectivity index (χ0) is 13.6. The number of hydrogen-bond donors (Lipinski definition) is 1. The topological polar surface area (TPSA) is 57.6 Å². The van der Waals surface area contributed by atoms with Crippen molar-refractivity contribution in [1.82, 2.24) is 4.31 Å². The first-order valence-corrected chi connectivity index (χ1v) is 7.72. The highest BCUT2D eigenvalue weighted by molar-refractivity contribution is 7.88. The molecule has 0 aliphatic rings. The summed E-state index contributed by atoms with van der Waals surface area (Å²) in [7, 11) is -3.32. The first-order valence-electron chi connectivity index (χ1n) is 6.11.